The van der Waals surface area contributed by atoms with Gasteiger partial charge in [-0.1, -0.05) is 0 Å². The molecule has 8 bridgehead atoms. The smallest absolute Gasteiger partial charge is 0.0642 e. The first-order valence-electron chi connectivity index (χ1n) is 13.5. The minimum absolute atomic E-state index is 0.0307. The van der Waals surface area contributed by atoms with Crippen molar-refractivity contribution >= 4 is 11.1 Å². The minimum atomic E-state index is -0.0307. The van der Waals surface area contributed by atoms with E-state index in [0.717, 1.165) is 72.7 Å². The lowest BCUT2D eigenvalue weighted by atomic mass is 9.93. The van der Waals surface area contributed by atoms with Crippen LogP contribution in [0.5, 0.6) is 0 Å². The van der Waals surface area contributed by atoms with Crippen molar-refractivity contribution in [2.75, 3.05) is 0 Å². The van der Waals surface area contributed by atoms with E-state index in [1.54, 1.807) is 0 Å². The molecule has 196 valence electrons. The highest BCUT2D eigenvalue weighted by Crippen LogP contribution is 2.34. The number of pyridine rings is 3. The van der Waals surface area contributed by atoms with Crippen LogP contribution in [0.15, 0.2) is 122 Å². The second-order valence-electron chi connectivity index (χ2n) is 10.2. The van der Waals surface area contributed by atoms with Gasteiger partial charge in [0, 0.05) is 81.8 Å². The van der Waals surface area contributed by atoms with Crippen molar-refractivity contribution in [3.63, 3.8) is 0 Å². The molecule has 7 aromatic rings. The van der Waals surface area contributed by atoms with Gasteiger partial charge in [-0.2, -0.15) is 0 Å². The summed E-state index contributed by atoms with van der Waals surface area (Å²) in [4.78, 5) is 27.7. The summed E-state index contributed by atoms with van der Waals surface area (Å²) >= 11 is 0. The van der Waals surface area contributed by atoms with Crippen LogP contribution in [0.3, 0.4) is 0 Å². The number of fused-ring (bicyclic) bond motifs is 9. The lowest BCUT2D eigenvalue weighted by Crippen LogP contribution is -2.17. The van der Waals surface area contributed by atoms with Gasteiger partial charge in [0.25, 0.3) is 0 Å². The van der Waals surface area contributed by atoms with Crippen molar-refractivity contribution in [3.05, 3.63) is 172 Å². The standard InChI is InChI=1S/C34H25N7/c1-3-26-32(21-9-15-35-16-10-21)28-5-7-30(40-28)34(23-13-19-37-20-14-23)31-8-6-29(41-31)33(22-11-17-36-18-12-22)27-4-2-25(39-27)24(1)38-26/h1-20,32,38-41H. The van der Waals surface area contributed by atoms with Crippen LogP contribution in [0.25, 0.3) is 22.5 Å². The van der Waals surface area contributed by atoms with Crippen molar-refractivity contribution in [2.45, 2.75) is 5.92 Å². The molecule has 0 spiro atoms. The second-order valence-corrected chi connectivity index (χ2v) is 10.2. The quantitative estimate of drug-likeness (QED) is 0.262. The predicted molar refractivity (Wildman–Crippen MR) is 158 cm³/mol. The van der Waals surface area contributed by atoms with E-state index >= 15 is 0 Å². The van der Waals surface area contributed by atoms with Gasteiger partial charge in [-0.25, -0.2) is 0 Å². The Balaban J connectivity index is 1.47. The molecule has 0 fully saturated rings. The van der Waals surface area contributed by atoms with Crippen LogP contribution in [0.1, 0.15) is 45.4 Å². The summed E-state index contributed by atoms with van der Waals surface area (Å²) in [5.74, 6) is -0.0307. The normalized spacial score (nSPS) is 14.5. The Morgan fingerprint density at radius 3 is 1.44 bits per heavy atom. The molecule has 7 aromatic heterocycles. The monoisotopic (exact) mass is 531 g/mol. The van der Waals surface area contributed by atoms with E-state index in [1.165, 1.54) is 0 Å². The number of aromatic amines is 4. The Bertz CT molecular complexity index is 2100. The van der Waals surface area contributed by atoms with Gasteiger partial charge in [0.2, 0.25) is 0 Å². The fourth-order valence-corrected chi connectivity index (χ4v) is 5.88. The summed E-state index contributed by atoms with van der Waals surface area (Å²) in [5.41, 5.74) is 11.7. The average molecular weight is 532 g/mol. The number of nitrogens with one attached hydrogen (secondary N) is 4. The highest BCUT2D eigenvalue weighted by Gasteiger charge is 2.22. The number of hydrogen-bond donors (Lipinski definition) is 4. The first-order chi connectivity index (χ1) is 20.3. The van der Waals surface area contributed by atoms with Gasteiger partial charge in [0.05, 0.1) is 17.3 Å². The maximum Gasteiger partial charge on any atom is 0.0642 e. The fraction of sp³-hybridized carbons (Fsp3) is 0.0294. The minimum Gasteiger partial charge on any atom is -0.357 e. The molecular formula is C34H25N7. The van der Waals surface area contributed by atoms with Gasteiger partial charge >= 0.3 is 0 Å². The largest absolute Gasteiger partial charge is 0.357 e. The van der Waals surface area contributed by atoms with E-state index in [4.69, 9.17) is 0 Å². The molecule has 1 aliphatic heterocycles. The molecule has 8 rings (SSSR count). The van der Waals surface area contributed by atoms with E-state index in [-0.39, 0.29) is 5.92 Å². The summed E-state index contributed by atoms with van der Waals surface area (Å²) in [5, 5.41) is 2.02. The van der Waals surface area contributed by atoms with E-state index in [9.17, 15) is 0 Å². The Labute approximate surface area is 235 Å². The van der Waals surface area contributed by atoms with Crippen molar-refractivity contribution in [2.24, 2.45) is 0 Å². The predicted octanol–water partition coefficient (Wildman–Crippen LogP) is 4.84. The molecule has 1 aliphatic rings. The maximum atomic E-state index is 4.28. The van der Waals surface area contributed by atoms with Gasteiger partial charge in [-0.3, -0.25) is 15.0 Å². The third-order valence-electron chi connectivity index (χ3n) is 7.76. The maximum absolute atomic E-state index is 4.28. The zero-order chi connectivity index (χ0) is 27.2. The van der Waals surface area contributed by atoms with Crippen LogP contribution in [0, 0.1) is 0 Å². The molecule has 1 atom stereocenters. The molecule has 0 saturated carbocycles. The molecule has 1 unspecified atom stereocenters. The molecular weight excluding hydrogens is 506 g/mol. The molecule has 7 heteroatoms. The molecule has 0 amide bonds. The highest BCUT2D eigenvalue weighted by atomic mass is 14.8. The summed E-state index contributed by atoms with van der Waals surface area (Å²) in [7, 11) is 0. The van der Waals surface area contributed by atoms with Crippen LogP contribution in [0.2, 0.25) is 0 Å². The van der Waals surface area contributed by atoms with Gasteiger partial charge in [-0.15, -0.1) is 0 Å². The van der Waals surface area contributed by atoms with E-state index in [0.29, 0.717) is 0 Å². The number of hydrogen-bond acceptors (Lipinski definition) is 3. The summed E-state index contributed by atoms with van der Waals surface area (Å²) in [6, 6.07) is 29.6. The average Bonchev–Trinajstić information content (AvgIpc) is 3.84. The zero-order valence-electron chi connectivity index (χ0n) is 22.0. The van der Waals surface area contributed by atoms with E-state index < -0.39 is 0 Å². The molecule has 7 nitrogen and oxygen atoms in total. The van der Waals surface area contributed by atoms with Crippen LogP contribution in [-0.2, 0) is 0 Å². The molecule has 0 aliphatic carbocycles. The second kappa shape index (κ2) is 9.50. The van der Waals surface area contributed by atoms with E-state index in [1.807, 2.05) is 61.4 Å². The summed E-state index contributed by atoms with van der Waals surface area (Å²) in [6.45, 7) is 0. The van der Waals surface area contributed by atoms with Crippen LogP contribution in [-0.4, -0.2) is 34.9 Å². The van der Waals surface area contributed by atoms with Crippen molar-refractivity contribution in [3.8, 4) is 11.4 Å². The highest BCUT2D eigenvalue weighted by molar-refractivity contribution is 5.80. The fourth-order valence-electron chi connectivity index (χ4n) is 5.88. The van der Waals surface area contributed by atoms with Crippen molar-refractivity contribution < 1.29 is 0 Å². The molecule has 0 saturated heterocycles. The Morgan fingerprint density at radius 1 is 0.390 bits per heavy atom. The molecule has 4 N–H and O–H groups in total. The Kier molecular flexibility index (Phi) is 5.38. The van der Waals surface area contributed by atoms with Gasteiger partial charge in [-0.05, 0) is 102 Å². The topological polar surface area (TPSA) is 102 Å². The number of aromatic nitrogens is 7. The first kappa shape index (κ1) is 23.2. The van der Waals surface area contributed by atoms with Crippen LogP contribution in [0.4, 0.5) is 0 Å². The lowest BCUT2D eigenvalue weighted by molar-refractivity contribution is 0.892. The molecule has 0 radical (unpaired) electrons. The lowest BCUT2D eigenvalue weighted by Gasteiger charge is -2.15. The third-order valence-corrected chi connectivity index (χ3v) is 7.76. The van der Waals surface area contributed by atoms with Crippen LogP contribution < -0.4 is 10.7 Å². The van der Waals surface area contributed by atoms with Crippen molar-refractivity contribution in [1.82, 2.24) is 34.9 Å². The summed E-state index contributed by atoms with van der Waals surface area (Å²) < 4.78 is 0. The van der Waals surface area contributed by atoms with Gasteiger partial charge < -0.3 is 19.9 Å². The molecule has 0 aromatic carbocycles. The van der Waals surface area contributed by atoms with Crippen molar-refractivity contribution in [1.29, 1.82) is 0 Å². The number of H-pyrrole nitrogens is 4. The Morgan fingerprint density at radius 2 is 0.829 bits per heavy atom. The third kappa shape index (κ3) is 4.03. The number of rotatable bonds is 3. The number of nitrogens with zero attached hydrogens (tertiary/aromatic N) is 3. The Hall–Kier alpha value is -5.69. The van der Waals surface area contributed by atoms with Gasteiger partial charge in [0.1, 0.15) is 0 Å². The van der Waals surface area contributed by atoms with Gasteiger partial charge in [0.15, 0.2) is 0 Å². The van der Waals surface area contributed by atoms with Crippen LogP contribution >= 0.6 is 0 Å². The molecule has 8 heterocycles. The zero-order valence-corrected chi connectivity index (χ0v) is 22.0. The molecule has 41 heavy (non-hydrogen) atoms. The SMILES string of the molecule is c1cc(C2=c3ccc([nH]3)=C(c3ccncc3)c3ccc([nH]3)C(c3ccncc3)c3ccc([nH]3)-c3ccc2[nH]3)ccn1. The first-order valence-corrected chi connectivity index (χ1v) is 13.5. The summed E-state index contributed by atoms with van der Waals surface area (Å²) in [6.07, 6.45) is 11.0. The van der Waals surface area contributed by atoms with E-state index in [2.05, 4.69) is 95.6 Å².